The number of phenols is 1. The predicted molar refractivity (Wildman–Crippen MR) is 103 cm³/mol. The van der Waals surface area contributed by atoms with Crippen molar-refractivity contribution in [3.05, 3.63) is 53.5 Å². The number of fused-ring (bicyclic) bond motifs is 1. The number of carbonyl (C=O) groups is 1. The van der Waals surface area contributed by atoms with Crippen molar-refractivity contribution in [2.24, 2.45) is 0 Å². The molecule has 0 atom stereocenters. The van der Waals surface area contributed by atoms with E-state index in [2.05, 4.69) is 25.7 Å². The largest absolute Gasteiger partial charge is 0.507 e. The molecule has 10 heteroatoms. The fourth-order valence-electron chi connectivity index (χ4n) is 2.96. The van der Waals surface area contributed by atoms with Crippen molar-refractivity contribution in [3.8, 4) is 17.2 Å². The van der Waals surface area contributed by atoms with Crippen LogP contribution in [0.5, 0.6) is 5.75 Å². The monoisotopic (exact) mass is 395 g/mol. The number of carboxylic acid groups (broad SMARTS) is 1. The Bertz CT molecular complexity index is 1180. The topological polar surface area (TPSA) is 157 Å². The molecule has 2 aromatic heterocycles. The predicted octanol–water partition coefficient (Wildman–Crippen LogP) is 2.16. The minimum Gasteiger partial charge on any atom is -0.507 e. The number of hydrogen-bond donors (Lipinski definition) is 5. The van der Waals surface area contributed by atoms with Gasteiger partial charge in [0.25, 0.3) is 5.89 Å². The molecule has 0 aliphatic rings. The zero-order valence-electron chi connectivity index (χ0n) is 15.1. The number of aromatic hydroxyl groups is 1. The van der Waals surface area contributed by atoms with Crippen molar-refractivity contribution >= 4 is 22.6 Å². The molecular weight excluding hydrogens is 378 g/mol. The van der Waals surface area contributed by atoms with Crippen molar-refractivity contribution in [1.82, 2.24) is 20.3 Å². The quantitative estimate of drug-likeness (QED) is 0.316. The number of aromatic amines is 1. The van der Waals surface area contributed by atoms with Crippen LogP contribution in [0, 0.1) is 0 Å². The molecule has 148 valence electrons. The molecular formula is C19H17N5O5. The first-order chi connectivity index (χ1) is 14.1. The zero-order chi connectivity index (χ0) is 20.4. The summed E-state index contributed by atoms with van der Waals surface area (Å²) >= 11 is 0. The number of aromatic nitrogens is 4. The number of aliphatic hydroxyl groups is 1. The van der Waals surface area contributed by atoms with Gasteiger partial charge in [0, 0.05) is 29.6 Å². The van der Waals surface area contributed by atoms with Crippen LogP contribution in [0.25, 0.3) is 22.4 Å². The number of rotatable bonds is 7. The molecule has 0 fully saturated rings. The lowest BCUT2D eigenvalue weighted by molar-refractivity contribution is 0.0692. The van der Waals surface area contributed by atoms with Gasteiger partial charge >= 0.3 is 5.97 Å². The van der Waals surface area contributed by atoms with E-state index >= 15 is 0 Å². The molecule has 0 unspecified atom stereocenters. The molecule has 2 aromatic carbocycles. The van der Waals surface area contributed by atoms with E-state index in [1.54, 1.807) is 36.4 Å². The van der Waals surface area contributed by atoms with Crippen LogP contribution in [0.4, 0.5) is 5.69 Å². The molecule has 0 radical (unpaired) electrons. The number of carboxylic acids is 1. The van der Waals surface area contributed by atoms with Gasteiger partial charge in [-0.1, -0.05) is 17.3 Å². The summed E-state index contributed by atoms with van der Waals surface area (Å²) in [7, 11) is 0. The Hall–Kier alpha value is -3.92. The van der Waals surface area contributed by atoms with Crippen LogP contribution in [0.15, 0.2) is 40.9 Å². The lowest BCUT2D eigenvalue weighted by Gasteiger charge is -2.10. The third-order valence-electron chi connectivity index (χ3n) is 4.40. The summed E-state index contributed by atoms with van der Waals surface area (Å²) in [5, 5.41) is 42.7. The van der Waals surface area contributed by atoms with Crippen LogP contribution in [0.2, 0.25) is 0 Å². The number of nitrogens with one attached hydrogen (secondary N) is 2. The summed E-state index contributed by atoms with van der Waals surface area (Å²) in [4.78, 5) is 15.4. The summed E-state index contributed by atoms with van der Waals surface area (Å²) in [6.07, 6.45) is 0.264. The number of para-hydroxylation sites is 1. The number of benzene rings is 2. The van der Waals surface area contributed by atoms with Crippen molar-refractivity contribution in [1.29, 1.82) is 0 Å². The summed E-state index contributed by atoms with van der Waals surface area (Å²) in [5.41, 5.74) is 2.22. The molecule has 0 spiro atoms. The van der Waals surface area contributed by atoms with E-state index in [0.717, 1.165) is 0 Å². The van der Waals surface area contributed by atoms with Crippen LogP contribution in [0.1, 0.15) is 21.9 Å². The average molecular weight is 395 g/mol. The van der Waals surface area contributed by atoms with E-state index in [0.29, 0.717) is 33.5 Å². The first-order valence-electron chi connectivity index (χ1n) is 8.77. The number of anilines is 1. The fourth-order valence-corrected chi connectivity index (χ4v) is 2.96. The Labute approximate surface area is 163 Å². The molecule has 29 heavy (non-hydrogen) atoms. The number of aromatic carboxylic acids is 1. The summed E-state index contributed by atoms with van der Waals surface area (Å²) in [5.74, 6) is -0.597. The van der Waals surface area contributed by atoms with Crippen LogP contribution in [-0.4, -0.2) is 48.2 Å². The van der Waals surface area contributed by atoms with E-state index in [1.807, 2.05) is 0 Å². The van der Waals surface area contributed by atoms with Gasteiger partial charge in [-0.25, -0.2) is 4.79 Å². The number of aliphatic hydroxyl groups excluding tert-OH is 1. The van der Waals surface area contributed by atoms with E-state index in [4.69, 9.17) is 9.63 Å². The summed E-state index contributed by atoms with van der Waals surface area (Å²) in [6, 6.07) is 10.4. The van der Waals surface area contributed by atoms with Gasteiger partial charge in [-0.15, -0.1) is 0 Å². The third kappa shape index (κ3) is 3.60. The highest BCUT2D eigenvalue weighted by Gasteiger charge is 2.16. The smallest absolute Gasteiger partial charge is 0.357 e. The highest BCUT2D eigenvalue weighted by molar-refractivity contribution is 6.01. The van der Waals surface area contributed by atoms with E-state index in [1.165, 1.54) is 0 Å². The number of phenolic OH excluding ortho intramolecular Hbond substituents is 1. The minimum atomic E-state index is -1.11. The number of H-pyrrole nitrogens is 1. The lowest BCUT2D eigenvalue weighted by atomic mass is 10.1. The van der Waals surface area contributed by atoms with E-state index in [-0.39, 0.29) is 36.9 Å². The van der Waals surface area contributed by atoms with Gasteiger partial charge < -0.3 is 25.2 Å². The van der Waals surface area contributed by atoms with Crippen LogP contribution in [-0.2, 0) is 13.0 Å². The summed E-state index contributed by atoms with van der Waals surface area (Å²) in [6.45, 7) is 0.183. The average Bonchev–Trinajstić information content (AvgIpc) is 3.34. The molecule has 10 nitrogen and oxygen atoms in total. The van der Waals surface area contributed by atoms with Crippen LogP contribution in [0.3, 0.4) is 0 Å². The molecule has 0 saturated heterocycles. The molecule has 5 N–H and O–H groups in total. The van der Waals surface area contributed by atoms with Crippen molar-refractivity contribution in [2.45, 2.75) is 13.0 Å². The first-order valence-corrected chi connectivity index (χ1v) is 8.77. The van der Waals surface area contributed by atoms with Gasteiger partial charge in [0.1, 0.15) is 5.75 Å². The van der Waals surface area contributed by atoms with E-state index < -0.39 is 5.97 Å². The van der Waals surface area contributed by atoms with Crippen LogP contribution >= 0.6 is 0 Å². The second-order valence-corrected chi connectivity index (χ2v) is 6.29. The molecule has 4 rings (SSSR count). The SMILES string of the molecule is O=C(O)c1n[nH]c2ccc(NCc3cccc(-c4nc(CCO)no4)c3O)cc12. The van der Waals surface area contributed by atoms with Gasteiger partial charge in [-0.3, -0.25) is 5.10 Å². The van der Waals surface area contributed by atoms with Crippen LogP contribution < -0.4 is 5.32 Å². The third-order valence-corrected chi connectivity index (χ3v) is 4.40. The Morgan fingerprint density at radius 1 is 1.24 bits per heavy atom. The highest BCUT2D eigenvalue weighted by Crippen LogP contribution is 2.32. The maximum atomic E-state index is 11.3. The Morgan fingerprint density at radius 3 is 2.90 bits per heavy atom. The van der Waals surface area contributed by atoms with Gasteiger partial charge in [0.2, 0.25) is 0 Å². The van der Waals surface area contributed by atoms with Crippen molar-refractivity contribution in [2.75, 3.05) is 11.9 Å². The maximum Gasteiger partial charge on any atom is 0.357 e. The molecule has 0 amide bonds. The zero-order valence-corrected chi connectivity index (χ0v) is 15.1. The lowest BCUT2D eigenvalue weighted by Crippen LogP contribution is -2.01. The Morgan fingerprint density at radius 2 is 2.10 bits per heavy atom. The highest BCUT2D eigenvalue weighted by atomic mass is 16.5. The molecule has 2 heterocycles. The molecule has 0 saturated carbocycles. The molecule has 0 aliphatic heterocycles. The molecule has 0 bridgehead atoms. The summed E-state index contributed by atoms with van der Waals surface area (Å²) < 4.78 is 5.16. The second-order valence-electron chi connectivity index (χ2n) is 6.29. The molecule has 0 aliphatic carbocycles. The standard InChI is InChI=1S/C19H17N5O5/c25-7-6-15-21-18(29-24-15)12-3-1-2-10(17(12)26)9-20-11-4-5-14-13(8-11)16(19(27)28)23-22-14/h1-5,8,20,25-26H,6-7,9H2,(H,22,23)(H,27,28). The van der Waals surface area contributed by atoms with Crippen molar-refractivity contribution < 1.29 is 24.6 Å². The van der Waals surface area contributed by atoms with E-state index in [9.17, 15) is 15.0 Å². The number of nitrogens with zero attached hydrogens (tertiary/aromatic N) is 3. The Balaban J connectivity index is 1.56. The number of hydrogen-bond acceptors (Lipinski definition) is 8. The van der Waals surface area contributed by atoms with Crippen molar-refractivity contribution in [3.63, 3.8) is 0 Å². The normalized spacial score (nSPS) is 11.1. The second kappa shape index (κ2) is 7.60. The van der Waals surface area contributed by atoms with Gasteiger partial charge in [-0.05, 0) is 24.3 Å². The fraction of sp³-hybridized carbons (Fsp3) is 0.158. The van der Waals surface area contributed by atoms with Gasteiger partial charge in [0.15, 0.2) is 11.5 Å². The Kier molecular flexibility index (Phi) is 4.83. The van der Waals surface area contributed by atoms with Gasteiger partial charge in [-0.2, -0.15) is 10.1 Å². The molecule has 4 aromatic rings. The minimum absolute atomic E-state index is 0.00480. The first kappa shape index (κ1) is 18.4. The maximum absolute atomic E-state index is 11.3. The van der Waals surface area contributed by atoms with Gasteiger partial charge in [0.05, 0.1) is 17.7 Å².